The molecule has 100 valence electrons. The van der Waals surface area contributed by atoms with Gasteiger partial charge in [0, 0.05) is 26.2 Å². The molecule has 0 unspecified atom stereocenters. The Balaban J connectivity index is 2.20. The summed E-state index contributed by atoms with van der Waals surface area (Å²) < 4.78 is 26.1. The second kappa shape index (κ2) is 5.26. The molecule has 1 aromatic carbocycles. The third-order valence-corrected chi connectivity index (χ3v) is 5.21. The van der Waals surface area contributed by atoms with Gasteiger partial charge in [0.2, 0.25) is 10.0 Å². The van der Waals surface area contributed by atoms with Gasteiger partial charge in [0.1, 0.15) is 10.6 Å². The predicted octanol–water partition coefficient (Wildman–Crippen LogP) is 0.718. The molecule has 0 spiro atoms. The molecule has 0 aromatic heterocycles. The summed E-state index contributed by atoms with van der Waals surface area (Å²) in [4.78, 5) is 2.20. The predicted molar refractivity (Wildman–Crippen MR) is 69.0 cm³/mol. The molecule has 0 saturated carbocycles. The van der Waals surface area contributed by atoms with Crippen LogP contribution < -0.4 is 0 Å². The Labute approximate surface area is 108 Å². The van der Waals surface area contributed by atoms with Gasteiger partial charge in [-0.15, -0.1) is 0 Å². The highest BCUT2D eigenvalue weighted by Gasteiger charge is 2.29. The molecule has 1 aliphatic heterocycles. The van der Waals surface area contributed by atoms with Crippen molar-refractivity contribution in [3.63, 3.8) is 0 Å². The van der Waals surface area contributed by atoms with Crippen molar-refractivity contribution in [3.8, 4) is 5.75 Å². The quantitative estimate of drug-likeness (QED) is 0.879. The van der Waals surface area contributed by atoms with Gasteiger partial charge in [0.25, 0.3) is 0 Å². The van der Waals surface area contributed by atoms with Crippen LogP contribution in [0.15, 0.2) is 29.2 Å². The van der Waals surface area contributed by atoms with E-state index < -0.39 is 10.0 Å². The summed E-state index contributed by atoms with van der Waals surface area (Å²) in [5.41, 5.74) is 0. The van der Waals surface area contributed by atoms with Gasteiger partial charge in [-0.05, 0) is 18.7 Å². The van der Waals surface area contributed by atoms with Crippen LogP contribution in [0.5, 0.6) is 5.75 Å². The molecule has 1 saturated heterocycles. The van der Waals surface area contributed by atoms with Crippen molar-refractivity contribution in [2.45, 2.75) is 11.8 Å². The zero-order valence-electron chi connectivity index (χ0n) is 10.4. The third kappa shape index (κ3) is 2.50. The fourth-order valence-electron chi connectivity index (χ4n) is 2.10. The van der Waals surface area contributed by atoms with Crippen molar-refractivity contribution in [1.29, 1.82) is 0 Å². The highest BCUT2D eigenvalue weighted by Crippen LogP contribution is 2.25. The molecule has 0 bridgehead atoms. The van der Waals surface area contributed by atoms with Gasteiger partial charge < -0.3 is 10.0 Å². The summed E-state index contributed by atoms with van der Waals surface area (Å²) in [6.07, 6.45) is 0. The molecular weight excluding hydrogens is 252 g/mol. The van der Waals surface area contributed by atoms with Crippen molar-refractivity contribution >= 4 is 10.0 Å². The molecular formula is C12H18N2O3S. The van der Waals surface area contributed by atoms with Gasteiger partial charge in [0.05, 0.1) is 0 Å². The lowest BCUT2D eigenvalue weighted by molar-refractivity contribution is 0.196. The second-order valence-corrected chi connectivity index (χ2v) is 6.21. The summed E-state index contributed by atoms with van der Waals surface area (Å²) in [6.45, 7) is 5.43. The molecule has 1 N–H and O–H groups in total. The molecule has 1 aromatic rings. The first kappa shape index (κ1) is 13.3. The van der Waals surface area contributed by atoms with Gasteiger partial charge in [-0.3, -0.25) is 0 Å². The second-order valence-electron chi connectivity index (χ2n) is 4.31. The summed E-state index contributed by atoms with van der Waals surface area (Å²) in [6, 6.07) is 6.07. The maximum Gasteiger partial charge on any atom is 0.246 e. The lowest BCUT2D eigenvalue weighted by Crippen LogP contribution is -2.48. The van der Waals surface area contributed by atoms with Gasteiger partial charge in [-0.25, -0.2) is 8.42 Å². The number of aromatic hydroxyl groups is 1. The lowest BCUT2D eigenvalue weighted by atomic mass is 10.3. The average molecular weight is 270 g/mol. The summed E-state index contributed by atoms with van der Waals surface area (Å²) in [5, 5.41) is 9.66. The molecule has 0 atom stereocenters. The highest BCUT2D eigenvalue weighted by atomic mass is 32.2. The van der Waals surface area contributed by atoms with Crippen LogP contribution in [-0.4, -0.2) is 55.5 Å². The van der Waals surface area contributed by atoms with Crippen LogP contribution >= 0.6 is 0 Å². The number of hydrogen-bond donors (Lipinski definition) is 1. The van der Waals surface area contributed by atoms with Crippen LogP contribution in [0.25, 0.3) is 0 Å². The van der Waals surface area contributed by atoms with Crippen LogP contribution in [0.1, 0.15) is 6.92 Å². The van der Waals surface area contributed by atoms with E-state index in [0.717, 1.165) is 19.6 Å². The van der Waals surface area contributed by atoms with Crippen molar-refractivity contribution in [3.05, 3.63) is 24.3 Å². The van der Waals surface area contributed by atoms with E-state index >= 15 is 0 Å². The summed E-state index contributed by atoms with van der Waals surface area (Å²) in [7, 11) is -3.57. The van der Waals surface area contributed by atoms with Crippen molar-refractivity contribution in [2.24, 2.45) is 0 Å². The number of likely N-dealkylation sites (N-methyl/N-ethyl adjacent to an activating group) is 1. The maximum absolute atomic E-state index is 12.4. The largest absolute Gasteiger partial charge is 0.507 e. The van der Waals surface area contributed by atoms with Crippen molar-refractivity contribution < 1.29 is 13.5 Å². The molecule has 6 heteroatoms. The smallest absolute Gasteiger partial charge is 0.246 e. The molecule has 0 amide bonds. The first-order valence-corrected chi connectivity index (χ1v) is 7.50. The number of phenols is 1. The Morgan fingerprint density at radius 1 is 1.17 bits per heavy atom. The van der Waals surface area contributed by atoms with Gasteiger partial charge in [-0.1, -0.05) is 19.1 Å². The number of sulfonamides is 1. The van der Waals surface area contributed by atoms with E-state index in [1.54, 1.807) is 12.1 Å². The molecule has 5 nitrogen and oxygen atoms in total. The molecule has 2 rings (SSSR count). The molecule has 0 radical (unpaired) electrons. The van der Waals surface area contributed by atoms with Gasteiger partial charge in [0.15, 0.2) is 0 Å². The van der Waals surface area contributed by atoms with E-state index in [1.807, 2.05) is 0 Å². The topological polar surface area (TPSA) is 60.9 Å². The number of nitrogens with zero attached hydrogens (tertiary/aromatic N) is 2. The van der Waals surface area contributed by atoms with E-state index in [1.165, 1.54) is 16.4 Å². The van der Waals surface area contributed by atoms with Gasteiger partial charge >= 0.3 is 0 Å². The van der Waals surface area contributed by atoms with E-state index in [2.05, 4.69) is 11.8 Å². The Hall–Kier alpha value is -1.11. The first-order valence-electron chi connectivity index (χ1n) is 6.06. The zero-order chi connectivity index (χ0) is 13.2. The van der Waals surface area contributed by atoms with Crippen molar-refractivity contribution in [2.75, 3.05) is 32.7 Å². The highest BCUT2D eigenvalue weighted by molar-refractivity contribution is 7.89. The van der Waals surface area contributed by atoms with E-state index in [9.17, 15) is 13.5 Å². The molecule has 1 heterocycles. The molecule has 18 heavy (non-hydrogen) atoms. The Morgan fingerprint density at radius 3 is 2.33 bits per heavy atom. The molecule has 1 fully saturated rings. The summed E-state index contributed by atoms with van der Waals surface area (Å²) >= 11 is 0. The molecule has 1 aliphatic rings. The minimum absolute atomic E-state index is 0.00468. The normalized spacial score (nSPS) is 18.9. The average Bonchev–Trinajstić information content (AvgIpc) is 2.39. The lowest BCUT2D eigenvalue weighted by Gasteiger charge is -2.33. The molecule has 0 aliphatic carbocycles. The minimum Gasteiger partial charge on any atom is -0.507 e. The third-order valence-electron chi connectivity index (χ3n) is 3.26. The number of hydrogen-bond acceptors (Lipinski definition) is 4. The van der Waals surface area contributed by atoms with Crippen LogP contribution in [-0.2, 0) is 10.0 Å². The van der Waals surface area contributed by atoms with E-state index in [-0.39, 0.29) is 10.6 Å². The number of piperazine rings is 1. The van der Waals surface area contributed by atoms with E-state index in [0.29, 0.717) is 13.1 Å². The fourth-order valence-corrected chi connectivity index (χ4v) is 3.61. The SMILES string of the molecule is CCN1CCN(S(=O)(=O)c2ccccc2O)CC1. The fraction of sp³-hybridized carbons (Fsp3) is 0.500. The Bertz CT molecular complexity index is 508. The van der Waals surface area contributed by atoms with Crippen LogP contribution in [0.3, 0.4) is 0 Å². The maximum atomic E-state index is 12.4. The standard InChI is InChI=1S/C12H18N2O3S/c1-2-13-7-9-14(10-8-13)18(16,17)12-6-4-3-5-11(12)15/h3-6,15H,2,7-10H2,1H3. The minimum atomic E-state index is -3.57. The monoisotopic (exact) mass is 270 g/mol. The van der Waals surface area contributed by atoms with Crippen molar-refractivity contribution in [1.82, 2.24) is 9.21 Å². The summed E-state index contributed by atoms with van der Waals surface area (Å²) in [5.74, 6) is -0.185. The van der Waals surface area contributed by atoms with Crippen LogP contribution in [0, 0.1) is 0 Å². The first-order chi connectivity index (χ1) is 8.55. The number of phenolic OH excluding ortho intramolecular Hbond substituents is 1. The zero-order valence-corrected chi connectivity index (χ0v) is 11.2. The number of para-hydroxylation sites is 1. The number of benzene rings is 1. The Kier molecular flexibility index (Phi) is 3.89. The Morgan fingerprint density at radius 2 is 1.78 bits per heavy atom. The van der Waals surface area contributed by atoms with Crippen LogP contribution in [0.4, 0.5) is 0 Å². The van der Waals surface area contributed by atoms with E-state index in [4.69, 9.17) is 0 Å². The van der Waals surface area contributed by atoms with Gasteiger partial charge in [-0.2, -0.15) is 4.31 Å². The van der Waals surface area contributed by atoms with Crippen LogP contribution in [0.2, 0.25) is 0 Å². The number of rotatable bonds is 3.